The zero-order chi connectivity index (χ0) is 19.4. The summed E-state index contributed by atoms with van der Waals surface area (Å²) in [6.07, 6.45) is 0. The predicted octanol–water partition coefficient (Wildman–Crippen LogP) is 3.20. The molecular weight excluding hydrogens is 391 g/mol. The van der Waals surface area contributed by atoms with Crippen LogP contribution in [0.3, 0.4) is 0 Å². The first-order chi connectivity index (χ1) is 13.0. The van der Waals surface area contributed by atoms with E-state index in [0.717, 1.165) is 5.56 Å². The van der Waals surface area contributed by atoms with Crippen LogP contribution in [0, 0.1) is 0 Å². The Morgan fingerprint density at radius 2 is 1.85 bits per heavy atom. The first-order valence-electron chi connectivity index (χ1n) is 8.37. The van der Waals surface area contributed by atoms with E-state index < -0.39 is 11.9 Å². The summed E-state index contributed by atoms with van der Waals surface area (Å²) in [5.41, 5.74) is 1.02. The van der Waals surface area contributed by atoms with Crippen LogP contribution in [0.25, 0.3) is 0 Å². The number of ether oxygens (including phenoxy) is 2. The van der Waals surface area contributed by atoms with Gasteiger partial charge in [0.05, 0.1) is 15.6 Å². The molecule has 8 heteroatoms. The summed E-state index contributed by atoms with van der Waals surface area (Å²) in [7, 11) is 0. The number of hydrogen-bond donors (Lipinski definition) is 2. The second-order valence-electron chi connectivity index (χ2n) is 5.96. The minimum absolute atomic E-state index is 0.150. The Labute approximate surface area is 166 Å². The summed E-state index contributed by atoms with van der Waals surface area (Å²) in [5, 5.41) is 5.82. The van der Waals surface area contributed by atoms with Crippen molar-refractivity contribution in [1.29, 1.82) is 0 Å². The lowest BCUT2D eigenvalue weighted by molar-refractivity contribution is -0.122. The molecule has 2 amide bonds. The van der Waals surface area contributed by atoms with Gasteiger partial charge in [-0.25, -0.2) is 0 Å². The second kappa shape index (κ2) is 8.50. The van der Waals surface area contributed by atoms with Gasteiger partial charge in [-0.2, -0.15) is 0 Å². The molecule has 2 N–H and O–H groups in total. The summed E-state index contributed by atoms with van der Waals surface area (Å²) in [6.45, 7) is 2.80. The van der Waals surface area contributed by atoms with Crippen molar-refractivity contribution in [2.24, 2.45) is 0 Å². The zero-order valence-electron chi connectivity index (χ0n) is 14.6. The summed E-state index contributed by atoms with van der Waals surface area (Å²) < 4.78 is 11.1. The highest BCUT2D eigenvalue weighted by atomic mass is 35.5. The molecule has 3 rings (SSSR count). The molecule has 142 valence electrons. The average molecular weight is 409 g/mol. The lowest BCUT2D eigenvalue weighted by atomic mass is 10.1. The van der Waals surface area contributed by atoms with Crippen molar-refractivity contribution in [2.75, 3.05) is 13.2 Å². The molecule has 0 aromatic heterocycles. The first kappa shape index (κ1) is 19.3. The molecule has 1 atom stereocenters. The van der Waals surface area contributed by atoms with Gasteiger partial charge in [-0.3, -0.25) is 9.59 Å². The quantitative estimate of drug-likeness (QED) is 0.796. The van der Waals surface area contributed by atoms with Gasteiger partial charge in [0, 0.05) is 12.1 Å². The number of carbonyl (C=O) groups is 2. The van der Waals surface area contributed by atoms with Crippen LogP contribution < -0.4 is 20.1 Å². The third-order valence-corrected chi connectivity index (χ3v) is 4.86. The fraction of sp³-hybridized carbons (Fsp3) is 0.263. The highest BCUT2D eigenvalue weighted by molar-refractivity contribution is 6.43. The zero-order valence-corrected chi connectivity index (χ0v) is 16.1. The Bertz CT molecular complexity index is 873. The van der Waals surface area contributed by atoms with E-state index in [1.165, 1.54) is 0 Å². The van der Waals surface area contributed by atoms with Gasteiger partial charge in [-0.15, -0.1) is 0 Å². The number of rotatable bonds is 5. The minimum atomic E-state index is -0.760. The van der Waals surface area contributed by atoms with Crippen molar-refractivity contribution < 1.29 is 19.1 Å². The summed E-state index contributed by atoms with van der Waals surface area (Å²) in [4.78, 5) is 24.7. The van der Waals surface area contributed by atoms with E-state index in [1.54, 1.807) is 25.1 Å². The number of para-hydroxylation sites is 1. The van der Waals surface area contributed by atoms with Gasteiger partial charge in [0.1, 0.15) is 19.3 Å². The third-order valence-electron chi connectivity index (χ3n) is 4.04. The van der Waals surface area contributed by atoms with Crippen molar-refractivity contribution in [3.63, 3.8) is 0 Å². The van der Waals surface area contributed by atoms with Crippen molar-refractivity contribution >= 4 is 35.0 Å². The van der Waals surface area contributed by atoms with Crippen LogP contribution in [0.2, 0.25) is 10.0 Å². The van der Waals surface area contributed by atoms with Crippen molar-refractivity contribution in [3.05, 3.63) is 57.6 Å². The number of nitrogens with one attached hydrogen (secondary N) is 2. The fourth-order valence-electron chi connectivity index (χ4n) is 2.63. The van der Waals surface area contributed by atoms with Gasteiger partial charge in [0.2, 0.25) is 5.91 Å². The van der Waals surface area contributed by atoms with Gasteiger partial charge in [0.15, 0.2) is 11.5 Å². The maximum atomic E-state index is 12.3. The maximum Gasteiger partial charge on any atom is 0.253 e. The molecule has 0 fully saturated rings. The number of hydrogen-bond acceptors (Lipinski definition) is 4. The lowest BCUT2D eigenvalue weighted by Crippen LogP contribution is -2.44. The molecule has 0 spiro atoms. The van der Waals surface area contributed by atoms with E-state index in [-0.39, 0.29) is 28.1 Å². The van der Waals surface area contributed by atoms with Gasteiger partial charge in [-0.05, 0) is 25.1 Å². The molecule has 2 aromatic rings. The molecule has 2 aromatic carbocycles. The predicted molar refractivity (Wildman–Crippen MR) is 103 cm³/mol. The molecule has 0 saturated heterocycles. The van der Waals surface area contributed by atoms with Gasteiger partial charge >= 0.3 is 0 Å². The number of amides is 2. The smallest absolute Gasteiger partial charge is 0.253 e. The van der Waals surface area contributed by atoms with Gasteiger partial charge in [0.25, 0.3) is 5.91 Å². The Kier molecular flexibility index (Phi) is 6.08. The largest absolute Gasteiger partial charge is 0.486 e. The molecule has 1 unspecified atom stereocenters. The van der Waals surface area contributed by atoms with Crippen molar-refractivity contribution in [2.45, 2.75) is 19.5 Å². The van der Waals surface area contributed by atoms with Crippen molar-refractivity contribution in [3.8, 4) is 11.5 Å². The molecule has 27 heavy (non-hydrogen) atoms. The van der Waals surface area contributed by atoms with Crippen LogP contribution in [0.1, 0.15) is 22.8 Å². The van der Waals surface area contributed by atoms with E-state index in [0.29, 0.717) is 24.7 Å². The molecule has 0 saturated carbocycles. The minimum Gasteiger partial charge on any atom is -0.486 e. The Balaban J connectivity index is 1.60. The number of benzene rings is 2. The third kappa shape index (κ3) is 4.46. The van der Waals surface area contributed by atoms with E-state index in [4.69, 9.17) is 32.7 Å². The van der Waals surface area contributed by atoms with Crippen LogP contribution in [0.4, 0.5) is 0 Å². The van der Waals surface area contributed by atoms with Crippen LogP contribution in [0.15, 0.2) is 36.4 Å². The molecular formula is C19H18Cl2N2O4. The normalized spacial score (nSPS) is 13.6. The van der Waals surface area contributed by atoms with Crippen LogP contribution in [0.5, 0.6) is 11.5 Å². The van der Waals surface area contributed by atoms with Crippen LogP contribution >= 0.6 is 23.2 Å². The Morgan fingerprint density at radius 3 is 2.67 bits per heavy atom. The highest BCUT2D eigenvalue weighted by Crippen LogP contribution is 2.33. The Morgan fingerprint density at radius 1 is 1.11 bits per heavy atom. The summed E-state index contributed by atoms with van der Waals surface area (Å²) >= 11 is 12.0. The lowest BCUT2D eigenvalue weighted by Gasteiger charge is -2.21. The number of halogens is 2. The van der Waals surface area contributed by atoms with Crippen LogP contribution in [-0.4, -0.2) is 31.1 Å². The molecule has 0 radical (unpaired) electrons. The topological polar surface area (TPSA) is 76.7 Å². The fourth-order valence-corrected chi connectivity index (χ4v) is 3.01. The molecule has 0 bridgehead atoms. The maximum absolute atomic E-state index is 12.3. The van der Waals surface area contributed by atoms with Gasteiger partial charge in [-0.1, -0.05) is 41.4 Å². The van der Waals surface area contributed by atoms with Crippen molar-refractivity contribution in [1.82, 2.24) is 10.6 Å². The second-order valence-corrected chi connectivity index (χ2v) is 6.74. The molecule has 6 nitrogen and oxygen atoms in total. The SMILES string of the molecule is CC(NC(=O)c1cccc(Cl)c1Cl)C(=O)NCc1cccc2c1OCCO2. The summed E-state index contributed by atoms with van der Waals surface area (Å²) in [5.74, 6) is 0.478. The number of carbonyl (C=O) groups excluding carboxylic acids is 2. The monoisotopic (exact) mass is 408 g/mol. The highest BCUT2D eigenvalue weighted by Gasteiger charge is 2.20. The van der Waals surface area contributed by atoms with E-state index >= 15 is 0 Å². The molecule has 0 aliphatic carbocycles. The summed E-state index contributed by atoms with van der Waals surface area (Å²) in [6, 6.07) is 9.49. The molecule has 1 aliphatic heterocycles. The number of fused-ring (bicyclic) bond motifs is 1. The molecule has 1 heterocycles. The standard InChI is InChI=1S/C19H18Cl2N2O4/c1-11(23-19(25)13-5-3-6-14(20)16(13)21)18(24)22-10-12-4-2-7-15-17(12)27-9-8-26-15/h2-7,11H,8-10H2,1H3,(H,22,24)(H,23,25). The Hall–Kier alpha value is -2.44. The average Bonchev–Trinajstić information content (AvgIpc) is 2.68. The molecule has 1 aliphatic rings. The van der Waals surface area contributed by atoms with E-state index in [2.05, 4.69) is 10.6 Å². The first-order valence-corrected chi connectivity index (χ1v) is 9.13. The van der Waals surface area contributed by atoms with E-state index in [9.17, 15) is 9.59 Å². The van der Waals surface area contributed by atoms with Crippen LogP contribution in [-0.2, 0) is 11.3 Å². The van der Waals surface area contributed by atoms with Gasteiger partial charge < -0.3 is 20.1 Å². The van der Waals surface area contributed by atoms with E-state index in [1.807, 2.05) is 18.2 Å².